The first-order valence-electron chi connectivity index (χ1n) is 8.24. The SMILES string of the molecule is CC(C)C1CCN(C(=O)NCC2CCCC2C(=O)O)CC1. The summed E-state index contributed by atoms with van der Waals surface area (Å²) in [6.07, 6.45) is 4.76. The zero-order valence-electron chi connectivity index (χ0n) is 13.2. The minimum atomic E-state index is -0.718. The summed E-state index contributed by atoms with van der Waals surface area (Å²) in [5, 5.41) is 12.1. The van der Waals surface area contributed by atoms with Crippen LogP contribution in [0.1, 0.15) is 46.0 Å². The second-order valence-electron chi connectivity index (χ2n) is 6.89. The van der Waals surface area contributed by atoms with Crippen LogP contribution in [0.15, 0.2) is 0 Å². The molecule has 2 fully saturated rings. The molecular formula is C16H28N2O3. The fourth-order valence-corrected chi connectivity index (χ4v) is 3.71. The van der Waals surface area contributed by atoms with Crippen molar-refractivity contribution in [3.63, 3.8) is 0 Å². The molecule has 2 N–H and O–H groups in total. The molecule has 1 aliphatic carbocycles. The predicted molar refractivity (Wildman–Crippen MR) is 81.0 cm³/mol. The molecule has 1 aliphatic heterocycles. The zero-order chi connectivity index (χ0) is 15.4. The Labute approximate surface area is 127 Å². The summed E-state index contributed by atoms with van der Waals surface area (Å²) in [6, 6.07) is -0.0201. The third-order valence-corrected chi connectivity index (χ3v) is 5.26. The molecule has 2 atom stereocenters. The Morgan fingerprint density at radius 2 is 1.86 bits per heavy atom. The Balaban J connectivity index is 1.74. The largest absolute Gasteiger partial charge is 0.481 e. The van der Waals surface area contributed by atoms with Gasteiger partial charge in [0.1, 0.15) is 0 Å². The van der Waals surface area contributed by atoms with Crippen LogP contribution in [0.4, 0.5) is 4.79 Å². The van der Waals surface area contributed by atoms with Crippen molar-refractivity contribution < 1.29 is 14.7 Å². The Hall–Kier alpha value is -1.26. The molecule has 2 aliphatic rings. The minimum Gasteiger partial charge on any atom is -0.481 e. The summed E-state index contributed by atoms with van der Waals surface area (Å²) in [5.41, 5.74) is 0. The quantitative estimate of drug-likeness (QED) is 0.837. The molecule has 2 rings (SSSR count). The van der Waals surface area contributed by atoms with Crippen LogP contribution in [0, 0.1) is 23.7 Å². The molecule has 0 bridgehead atoms. The molecular weight excluding hydrogens is 268 g/mol. The molecule has 0 radical (unpaired) electrons. The van der Waals surface area contributed by atoms with E-state index in [1.54, 1.807) is 0 Å². The van der Waals surface area contributed by atoms with Crippen LogP contribution in [0.2, 0.25) is 0 Å². The number of rotatable bonds is 4. The number of amides is 2. The van der Waals surface area contributed by atoms with Gasteiger partial charge >= 0.3 is 12.0 Å². The van der Waals surface area contributed by atoms with Gasteiger partial charge in [-0.25, -0.2) is 4.79 Å². The number of carbonyl (C=O) groups is 2. The number of aliphatic carboxylic acids is 1. The molecule has 0 spiro atoms. The third kappa shape index (κ3) is 4.11. The van der Waals surface area contributed by atoms with E-state index in [0.717, 1.165) is 51.1 Å². The Morgan fingerprint density at radius 1 is 1.19 bits per heavy atom. The fraction of sp³-hybridized carbons (Fsp3) is 0.875. The van der Waals surface area contributed by atoms with E-state index in [-0.39, 0.29) is 17.9 Å². The summed E-state index contributed by atoms with van der Waals surface area (Å²) in [4.78, 5) is 25.2. The number of piperidine rings is 1. The topological polar surface area (TPSA) is 69.6 Å². The summed E-state index contributed by atoms with van der Waals surface area (Å²) in [6.45, 7) is 6.63. The van der Waals surface area contributed by atoms with Gasteiger partial charge in [0, 0.05) is 19.6 Å². The molecule has 1 heterocycles. The minimum absolute atomic E-state index is 0.0201. The van der Waals surface area contributed by atoms with Crippen molar-refractivity contribution in [2.24, 2.45) is 23.7 Å². The van der Waals surface area contributed by atoms with E-state index in [0.29, 0.717) is 12.5 Å². The molecule has 1 saturated carbocycles. The van der Waals surface area contributed by atoms with Crippen molar-refractivity contribution in [3.05, 3.63) is 0 Å². The molecule has 2 unspecified atom stereocenters. The lowest BCUT2D eigenvalue weighted by Gasteiger charge is -2.34. The van der Waals surface area contributed by atoms with Crippen LogP contribution in [-0.2, 0) is 4.79 Å². The molecule has 0 aromatic carbocycles. The molecule has 0 aromatic rings. The lowest BCUT2D eigenvalue weighted by molar-refractivity contribution is -0.142. The van der Waals surface area contributed by atoms with E-state index < -0.39 is 5.97 Å². The van der Waals surface area contributed by atoms with Crippen molar-refractivity contribution in [1.29, 1.82) is 0 Å². The molecule has 0 aromatic heterocycles. The summed E-state index contributed by atoms with van der Waals surface area (Å²) < 4.78 is 0. The van der Waals surface area contributed by atoms with Crippen LogP contribution >= 0.6 is 0 Å². The highest BCUT2D eigenvalue weighted by Crippen LogP contribution is 2.31. The van der Waals surface area contributed by atoms with E-state index in [1.165, 1.54) is 0 Å². The Bertz CT molecular complexity index is 376. The van der Waals surface area contributed by atoms with Gasteiger partial charge in [0.15, 0.2) is 0 Å². The van der Waals surface area contributed by atoms with Gasteiger partial charge in [-0.2, -0.15) is 0 Å². The first-order valence-corrected chi connectivity index (χ1v) is 8.24. The molecule has 5 heteroatoms. The standard InChI is InChI=1S/C16H28N2O3/c1-11(2)12-6-8-18(9-7-12)16(21)17-10-13-4-3-5-14(13)15(19)20/h11-14H,3-10H2,1-2H3,(H,17,21)(H,19,20). The number of hydrogen-bond acceptors (Lipinski definition) is 2. The Kier molecular flexibility index (Phi) is 5.48. The lowest BCUT2D eigenvalue weighted by Crippen LogP contribution is -2.46. The number of urea groups is 1. The smallest absolute Gasteiger partial charge is 0.317 e. The van der Waals surface area contributed by atoms with Gasteiger partial charge in [-0.15, -0.1) is 0 Å². The highest BCUT2D eigenvalue weighted by molar-refractivity contribution is 5.74. The fourth-order valence-electron chi connectivity index (χ4n) is 3.71. The normalized spacial score (nSPS) is 27.1. The maximum atomic E-state index is 12.2. The van der Waals surface area contributed by atoms with E-state index in [9.17, 15) is 9.59 Å². The first kappa shape index (κ1) is 16.1. The summed E-state index contributed by atoms with van der Waals surface area (Å²) in [7, 11) is 0. The highest BCUT2D eigenvalue weighted by atomic mass is 16.4. The van der Waals surface area contributed by atoms with Crippen LogP contribution in [0.5, 0.6) is 0 Å². The van der Waals surface area contributed by atoms with Crippen LogP contribution in [0.25, 0.3) is 0 Å². The van der Waals surface area contributed by atoms with E-state index in [2.05, 4.69) is 19.2 Å². The average molecular weight is 296 g/mol. The second kappa shape index (κ2) is 7.14. The van der Waals surface area contributed by atoms with Gasteiger partial charge in [-0.3, -0.25) is 4.79 Å². The van der Waals surface area contributed by atoms with Crippen molar-refractivity contribution in [2.75, 3.05) is 19.6 Å². The summed E-state index contributed by atoms with van der Waals surface area (Å²) >= 11 is 0. The van der Waals surface area contributed by atoms with E-state index in [4.69, 9.17) is 5.11 Å². The zero-order valence-corrected chi connectivity index (χ0v) is 13.2. The Morgan fingerprint density at radius 3 is 2.43 bits per heavy atom. The monoisotopic (exact) mass is 296 g/mol. The van der Waals surface area contributed by atoms with E-state index in [1.807, 2.05) is 4.90 Å². The van der Waals surface area contributed by atoms with Gasteiger partial charge in [-0.1, -0.05) is 20.3 Å². The lowest BCUT2D eigenvalue weighted by atomic mass is 9.87. The third-order valence-electron chi connectivity index (χ3n) is 5.26. The van der Waals surface area contributed by atoms with Gasteiger partial charge in [0.2, 0.25) is 0 Å². The van der Waals surface area contributed by atoms with Crippen molar-refractivity contribution >= 4 is 12.0 Å². The number of carboxylic acid groups (broad SMARTS) is 1. The van der Waals surface area contributed by atoms with Gasteiger partial charge < -0.3 is 15.3 Å². The number of hydrogen-bond donors (Lipinski definition) is 2. The maximum Gasteiger partial charge on any atom is 0.317 e. The second-order valence-corrected chi connectivity index (χ2v) is 6.89. The van der Waals surface area contributed by atoms with Crippen LogP contribution in [0.3, 0.4) is 0 Å². The molecule has 21 heavy (non-hydrogen) atoms. The van der Waals surface area contributed by atoms with Gasteiger partial charge in [0.05, 0.1) is 5.92 Å². The number of likely N-dealkylation sites (tertiary alicyclic amines) is 1. The van der Waals surface area contributed by atoms with Gasteiger partial charge in [-0.05, 0) is 43.4 Å². The van der Waals surface area contributed by atoms with Crippen molar-refractivity contribution in [2.45, 2.75) is 46.0 Å². The first-order chi connectivity index (χ1) is 9.99. The number of carbonyl (C=O) groups excluding carboxylic acids is 1. The van der Waals surface area contributed by atoms with Crippen molar-refractivity contribution in [3.8, 4) is 0 Å². The van der Waals surface area contributed by atoms with Gasteiger partial charge in [0.25, 0.3) is 0 Å². The van der Waals surface area contributed by atoms with E-state index >= 15 is 0 Å². The molecule has 1 saturated heterocycles. The van der Waals surface area contributed by atoms with Crippen molar-refractivity contribution in [1.82, 2.24) is 10.2 Å². The summed E-state index contributed by atoms with van der Waals surface area (Å²) in [5.74, 6) is 0.506. The van der Waals surface area contributed by atoms with Crippen LogP contribution < -0.4 is 5.32 Å². The predicted octanol–water partition coefficient (Wildman–Crippen LogP) is 2.56. The number of carboxylic acids is 1. The maximum absolute atomic E-state index is 12.2. The number of nitrogens with zero attached hydrogens (tertiary/aromatic N) is 1. The molecule has 2 amide bonds. The molecule has 5 nitrogen and oxygen atoms in total. The average Bonchev–Trinajstić information content (AvgIpc) is 2.93. The molecule has 120 valence electrons. The highest BCUT2D eigenvalue weighted by Gasteiger charge is 2.33. The van der Waals surface area contributed by atoms with Crippen LogP contribution in [-0.4, -0.2) is 41.6 Å². The number of nitrogens with one attached hydrogen (secondary N) is 1.